The molecule has 0 saturated carbocycles. The first-order valence-corrected chi connectivity index (χ1v) is 7.01. The molecule has 0 atom stereocenters. The molecule has 0 radical (unpaired) electrons. The number of ether oxygens (including phenoxy) is 1. The Morgan fingerprint density at radius 1 is 1.30 bits per heavy atom. The number of fused-ring (bicyclic) bond motifs is 2. The number of benzene rings is 1. The third kappa shape index (κ3) is 1.87. The van der Waals surface area contributed by atoms with Crippen LogP contribution in [0.4, 0.5) is 5.82 Å². The van der Waals surface area contributed by atoms with Gasteiger partial charge in [-0.05, 0) is 17.7 Å². The lowest BCUT2D eigenvalue weighted by Crippen LogP contribution is -1.91. The standard InChI is InChI=1S/C13H11N5OS/c14-11-10-12(16-6-15-11)18-13(17-10)20-8-2-1-7-3-4-19-9(7)5-8/h1-2,5-6H,3-4H2,(H3,14,15,16,17,18). The van der Waals surface area contributed by atoms with Gasteiger partial charge in [0.1, 0.15) is 12.1 Å². The Hall–Kier alpha value is -2.28. The number of nitrogen functional groups attached to an aromatic ring is 1. The van der Waals surface area contributed by atoms with Crippen LogP contribution in [0.3, 0.4) is 0 Å². The first-order valence-electron chi connectivity index (χ1n) is 6.19. The van der Waals surface area contributed by atoms with Crippen LogP contribution in [0.15, 0.2) is 34.6 Å². The second-order valence-corrected chi connectivity index (χ2v) is 5.53. The molecule has 20 heavy (non-hydrogen) atoms. The fourth-order valence-electron chi connectivity index (χ4n) is 2.20. The molecule has 3 aromatic rings. The molecular weight excluding hydrogens is 274 g/mol. The number of nitrogens with two attached hydrogens (primary N) is 1. The van der Waals surface area contributed by atoms with Gasteiger partial charge in [-0.25, -0.2) is 15.0 Å². The molecule has 7 heteroatoms. The molecule has 100 valence electrons. The number of hydrogen-bond donors (Lipinski definition) is 2. The number of imidazole rings is 1. The van der Waals surface area contributed by atoms with Crippen LogP contribution in [0.5, 0.6) is 5.75 Å². The lowest BCUT2D eigenvalue weighted by Gasteiger charge is -2.01. The van der Waals surface area contributed by atoms with Gasteiger partial charge in [-0.15, -0.1) is 0 Å². The Labute approximate surface area is 118 Å². The quantitative estimate of drug-likeness (QED) is 0.748. The highest BCUT2D eigenvalue weighted by Gasteiger charge is 2.14. The predicted molar refractivity (Wildman–Crippen MR) is 75.9 cm³/mol. The van der Waals surface area contributed by atoms with E-state index < -0.39 is 0 Å². The van der Waals surface area contributed by atoms with Gasteiger partial charge in [0.25, 0.3) is 0 Å². The largest absolute Gasteiger partial charge is 0.493 e. The summed E-state index contributed by atoms with van der Waals surface area (Å²) in [4.78, 5) is 16.7. The van der Waals surface area contributed by atoms with E-state index in [1.807, 2.05) is 6.07 Å². The monoisotopic (exact) mass is 285 g/mol. The fraction of sp³-hybridized carbons (Fsp3) is 0.154. The number of aromatic nitrogens is 4. The minimum absolute atomic E-state index is 0.385. The average molecular weight is 285 g/mol. The highest BCUT2D eigenvalue weighted by molar-refractivity contribution is 7.99. The predicted octanol–water partition coefficient (Wildman–Crippen LogP) is 2.02. The molecule has 0 unspecified atom stereocenters. The Morgan fingerprint density at radius 2 is 2.25 bits per heavy atom. The maximum atomic E-state index is 5.77. The Morgan fingerprint density at radius 3 is 3.15 bits per heavy atom. The van der Waals surface area contributed by atoms with Gasteiger partial charge in [0, 0.05) is 11.3 Å². The van der Waals surface area contributed by atoms with Crippen LogP contribution < -0.4 is 10.5 Å². The van der Waals surface area contributed by atoms with E-state index >= 15 is 0 Å². The van der Waals surface area contributed by atoms with E-state index in [1.165, 1.54) is 23.7 Å². The van der Waals surface area contributed by atoms with Gasteiger partial charge in [-0.2, -0.15) is 0 Å². The topological polar surface area (TPSA) is 89.7 Å². The summed E-state index contributed by atoms with van der Waals surface area (Å²) in [7, 11) is 0. The van der Waals surface area contributed by atoms with Gasteiger partial charge in [0.15, 0.2) is 22.1 Å². The molecule has 1 aliphatic rings. The lowest BCUT2D eigenvalue weighted by molar-refractivity contribution is 0.356. The molecule has 1 aromatic carbocycles. The number of nitrogens with one attached hydrogen (secondary N) is 1. The van der Waals surface area contributed by atoms with Gasteiger partial charge >= 0.3 is 0 Å². The van der Waals surface area contributed by atoms with Gasteiger partial charge in [0.2, 0.25) is 0 Å². The second-order valence-electron chi connectivity index (χ2n) is 4.47. The maximum absolute atomic E-state index is 5.77. The van der Waals surface area contributed by atoms with Crippen molar-refractivity contribution in [2.24, 2.45) is 0 Å². The highest BCUT2D eigenvalue weighted by atomic mass is 32.2. The van der Waals surface area contributed by atoms with Crippen LogP contribution in [0.1, 0.15) is 5.56 Å². The van der Waals surface area contributed by atoms with Crippen molar-refractivity contribution in [2.75, 3.05) is 12.3 Å². The third-order valence-electron chi connectivity index (χ3n) is 3.17. The summed E-state index contributed by atoms with van der Waals surface area (Å²) in [5, 5.41) is 0.741. The molecule has 0 aliphatic carbocycles. The second kappa shape index (κ2) is 4.38. The van der Waals surface area contributed by atoms with E-state index in [4.69, 9.17) is 10.5 Å². The van der Waals surface area contributed by atoms with Crippen molar-refractivity contribution in [1.82, 2.24) is 19.9 Å². The number of anilines is 1. The fourth-order valence-corrected chi connectivity index (χ4v) is 3.00. The summed E-state index contributed by atoms with van der Waals surface area (Å²) in [6.45, 7) is 0.764. The minimum Gasteiger partial charge on any atom is -0.493 e. The molecular formula is C13H11N5OS. The molecule has 0 saturated heterocycles. The molecule has 0 amide bonds. The average Bonchev–Trinajstić information content (AvgIpc) is 3.05. The van der Waals surface area contributed by atoms with Gasteiger partial charge in [-0.1, -0.05) is 17.8 Å². The minimum atomic E-state index is 0.385. The van der Waals surface area contributed by atoms with Gasteiger partial charge in [-0.3, -0.25) is 0 Å². The molecule has 0 spiro atoms. The summed E-state index contributed by atoms with van der Waals surface area (Å²) in [6.07, 6.45) is 2.41. The summed E-state index contributed by atoms with van der Waals surface area (Å²) in [5.74, 6) is 1.35. The number of H-pyrrole nitrogens is 1. The van der Waals surface area contributed by atoms with Crippen LogP contribution in [-0.2, 0) is 6.42 Å². The number of hydrogen-bond acceptors (Lipinski definition) is 6. The van der Waals surface area contributed by atoms with Gasteiger partial charge in [0.05, 0.1) is 6.61 Å². The Balaban J connectivity index is 1.69. The van der Waals surface area contributed by atoms with Crippen molar-refractivity contribution < 1.29 is 4.74 Å². The highest BCUT2D eigenvalue weighted by Crippen LogP contribution is 2.33. The molecule has 3 N–H and O–H groups in total. The Bertz CT molecular complexity index is 801. The first-order chi connectivity index (χ1) is 9.79. The SMILES string of the molecule is Nc1ncnc2[nH]c(Sc3ccc4c(c3)OCC4)nc12. The lowest BCUT2D eigenvalue weighted by atomic mass is 10.2. The number of aromatic amines is 1. The van der Waals surface area contributed by atoms with Crippen LogP contribution in [0.2, 0.25) is 0 Å². The summed E-state index contributed by atoms with van der Waals surface area (Å²) >= 11 is 1.52. The molecule has 4 rings (SSSR count). The van der Waals surface area contributed by atoms with E-state index in [2.05, 4.69) is 32.1 Å². The van der Waals surface area contributed by atoms with Crippen LogP contribution in [0.25, 0.3) is 11.2 Å². The Kier molecular flexibility index (Phi) is 2.53. The summed E-state index contributed by atoms with van der Waals surface area (Å²) in [6, 6.07) is 6.21. The van der Waals surface area contributed by atoms with Crippen molar-refractivity contribution >= 4 is 28.7 Å². The molecule has 0 fully saturated rings. The zero-order valence-corrected chi connectivity index (χ0v) is 11.3. The van der Waals surface area contributed by atoms with E-state index in [-0.39, 0.29) is 0 Å². The van der Waals surface area contributed by atoms with Crippen molar-refractivity contribution in [3.05, 3.63) is 30.1 Å². The zero-order chi connectivity index (χ0) is 13.5. The normalized spacial score (nSPS) is 13.4. The van der Waals surface area contributed by atoms with E-state index in [0.29, 0.717) is 17.0 Å². The van der Waals surface area contributed by atoms with Crippen LogP contribution in [-0.4, -0.2) is 26.5 Å². The number of rotatable bonds is 2. The zero-order valence-electron chi connectivity index (χ0n) is 10.5. The molecule has 2 aromatic heterocycles. The summed E-state index contributed by atoms with van der Waals surface area (Å²) in [5.41, 5.74) is 8.29. The third-order valence-corrected chi connectivity index (χ3v) is 4.05. The first kappa shape index (κ1) is 11.5. The smallest absolute Gasteiger partial charge is 0.172 e. The van der Waals surface area contributed by atoms with Crippen molar-refractivity contribution in [1.29, 1.82) is 0 Å². The van der Waals surface area contributed by atoms with E-state index in [9.17, 15) is 0 Å². The molecule has 1 aliphatic heterocycles. The van der Waals surface area contributed by atoms with Crippen molar-refractivity contribution in [3.63, 3.8) is 0 Å². The number of nitrogens with zero attached hydrogens (tertiary/aromatic N) is 3. The van der Waals surface area contributed by atoms with Crippen LogP contribution >= 0.6 is 11.8 Å². The molecule has 3 heterocycles. The van der Waals surface area contributed by atoms with E-state index in [0.717, 1.165) is 28.8 Å². The van der Waals surface area contributed by atoms with Crippen molar-refractivity contribution in [2.45, 2.75) is 16.5 Å². The van der Waals surface area contributed by atoms with Crippen LogP contribution in [0, 0.1) is 0 Å². The van der Waals surface area contributed by atoms with Gasteiger partial charge < -0.3 is 15.5 Å². The van der Waals surface area contributed by atoms with E-state index in [1.54, 1.807) is 0 Å². The maximum Gasteiger partial charge on any atom is 0.172 e. The molecule has 0 bridgehead atoms. The molecule has 6 nitrogen and oxygen atoms in total. The summed E-state index contributed by atoms with van der Waals surface area (Å²) < 4.78 is 5.57. The van der Waals surface area contributed by atoms with Crippen molar-refractivity contribution in [3.8, 4) is 5.75 Å².